The third kappa shape index (κ3) is 4.70. The van der Waals surface area contributed by atoms with Gasteiger partial charge in [-0.2, -0.15) is 0 Å². The lowest BCUT2D eigenvalue weighted by Gasteiger charge is -2.37. The van der Waals surface area contributed by atoms with Gasteiger partial charge in [0, 0.05) is 19.6 Å². The van der Waals surface area contributed by atoms with Crippen molar-refractivity contribution in [2.75, 3.05) is 13.2 Å². The average molecular weight is 364 g/mol. The molecule has 0 heterocycles. The second kappa shape index (κ2) is 7.20. The van der Waals surface area contributed by atoms with E-state index in [2.05, 4.69) is 33.9 Å². The first kappa shape index (κ1) is 19.9. The molecule has 3 nitrogen and oxygen atoms in total. The highest BCUT2D eigenvalue weighted by Gasteiger charge is 2.38. The Labute approximate surface area is 144 Å². The highest BCUT2D eigenvalue weighted by Crippen LogP contribution is 2.37. The van der Waals surface area contributed by atoms with Crippen LogP contribution in [0.5, 0.6) is 0 Å². The first-order chi connectivity index (χ1) is 9.93. The predicted octanol–water partition coefficient (Wildman–Crippen LogP) is 4.55. The molecule has 6 heteroatoms. The Morgan fingerprint density at radius 2 is 1.77 bits per heavy atom. The molecule has 1 rings (SSSR count). The van der Waals surface area contributed by atoms with Gasteiger partial charge in [0.25, 0.3) is 0 Å². The van der Waals surface area contributed by atoms with Crippen molar-refractivity contribution in [3.05, 3.63) is 33.8 Å². The van der Waals surface area contributed by atoms with Crippen LogP contribution in [0.2, 0.25) is 28.2 Å². The quantitative estimate of drug-likeness (QED) is 0.728. The third-order valence-electron chi connectivity index (χ3n) is 4.58. The van der Waals surface area contributed by atoms with Crippen LogP contribution in [0.15, 0.2) is 18.2 Å². The predicted molar refractivity (Wildman–Crippen MR) is 97.2 cm³/mol. The molecule has 1 aromatic carbocycles. The summed E-state index contributed by atoms with van der Waals surface area (Å²) >= 11 is 12.0. The van der Waals surface area contributed by atoms with Gasteiger partial charge < -0.3 is 15.3 Å². The summed E-state index contributed by atoms with van der Waals surface area (Å²) in [5, 5.41) is 11.8. The summed E-state index contributed by atoms with van der Waals surface area (Å²) in [5.74, 6) is 0. The van der Waals surface area contributed by atoms with E-state index in [1.807, 2.05) is 0 Å². The summed E-state index contributed by atoms with van der Waals surface area (Å²) in [6, 6.07) is 5.10. The van der Waals surface area contributed by atoms with Gasteiger partial charge in [-0.3, -0.25) is 0 Å². The maximum absolute atomic E-state index is 10.8. The van der Waals surface area contributed by atoms with Crippen LogP contribution in [0.25, 0.3) is 0 Å². The zero-order valence-corrected chi connectivity index (χ0v) is 16.6. The van der Waals surface area contributed by atoms with E-state index in [1.165, 1.54) is 0 Å². The van der Waals surface area contributed by atoms with Gasteiger partial charge in [0.2, 0.25) is 0 Å². The summed E-state index contributed by atoms with van der Waals surface area (Å²) in [4.78, 5) is 0. The second-order valence-electron chi connectivity index (χ2n) is 7.22. The molecule has 0 spiro atoms. The van der Waals surface area contributed by atoms with E-state index in [1.54, 1.807) is 18.2 Å². The summed E-state index contributed by atoms with van der Waals surface area (Å²) < 4.78 is 6.13. The highest BCUT2D eigenvalue weighted by atomic mass is 35.5. The topological polar surface area (TPSA) is 55.5 Å². The molecular formula is C16H27Cl2NO2Si. The fourth-order valence-corrected chi connectivity index (χ4v) is 3.18. The number of benzene rings is 1. The van der Waals surface area contributed by atoms with Crippen LogP contribution in [0.3, 0.4) is 0 Å². The first-order valence-electron chi connectivity index (χ1n) is 7.45. The van der Waals surface area contributed by atoms with Gasteiger partial charge in [-0.15, -0.1) is 0 Å². The molecule has 0 unspecified atom stereocenters. The van der Waals surface area contributed by atoms with Gasteiger partial charge >= 0.3 is 0 Å². The van der Waals surface area contributed by atoms with Crippen molar-refractivity contribution in [1.29, 1.82) is 0 Å². The zero-order valence-electron chi connectivity index (χ0n) is 14.0. The lowest BCUT2D eigenvalue weighted by atomic mass is 9.91. The molecule has 1 atom stereocenters. The molecule has 0 saturated heterocycles. The number of aliphatic hydroxyl groups is 1. The smallest absolute Gasteiger partial charge is 0.191 e. The summed E-state index contributed by atoms with van der Waals surface area (Å²) in [5.41, 5.74) is 5.31. The van der Waals surface area contributed by atoms with Crippen molar-refractivity contribution in [3.8, 4) is 0 Å². The maximum Gasteiger partial charge on any atom is 0.191 e. The summed E-state index contributed by atoms with van der Waals surface area (Å²) in [6.07, 6.45) is 0.425. The number of hydrogen-bond acceptors (Lipinski definition) is 3. The number of halogens is 2. The molecule has 0 bridgehead atoms. The van der Waals surface area contributed by atoms with Crippen LogP contribution >= 0.6 is 23.2 Å². The van der Waals surface area contributed by atoms with Crippen LogP contribution in [-0.4, -0.2) is 26.6 Å². The van der Waals surface area contributed by atoms with Gasteiger partial charge in [-0.25, -0.2) is 0 Å². The van der Waals surface area contributed by atoms with Crippen LogP contribution < -0.4 is 5.73 Å². The van der Waals surface area contributed by atoms with E-state index in [0.717, 1.165) is 0 Å². The molecule has 3 N–H and O–H groups in total. The molecule has 0 aliphatic carbocycles. The summed E-state index contributed by atoms with van der Waals surface area (Å²) in [7, 11) is -1.84. The van der Waals surface area contributed by atoms with Gasteiger partial charge in [0.1, 0.15) is 5.60 Å². The van der Waals surface area contributed by atoms with Gasteiger partial charge in [0.15, 0.2) is 8.32 Å². The first-order valence-corrected chi connectivity index (χ1v) is 11.1. The Kier molecular flexibility index (Phi) is 6.53. The minimum Gasteiger partial charge on any atom is -0.417 e. The molecule has 0 amide bonds. The minimum atomic E-state index is -1.84. The molecule has 0 radical (unpaired) electrons. The van der Waals surface area contributed by atoms with Gasteiger partial charge in [0.05, 0.1) is 10.0 Å². The number of hydrogen-bond donors (Lipinski definition) is 2. The fourth-order valence-electron chi connectivity index (χ4n) is 1.84. The summed E-state index contributed by atoms with van der Waals surface area (Å²) in [6.45, 7) is 11.5. The SMILES string of the molecule is CC(C)(C)[Si](C)(C)OCC[C@](O)(CN)c1ccc(Cl)c(Cl)c1. The minimum absolute atomic E-state index is 0.103. The number of rotatable bonds is 6. The van der Waals surface area contributed by atoms with E-state index >= 15 is 0 Å². The van der Waals surface area contributed by atoms with Crippen molar-refractivity contribution < 1.29 is 9.53 Å². The van der Waals surface area contributed by atoms with Crippen LogP contribution in [0.1, 0.15) is 32.8 Å². The molecule has 0 saturated carbocycles. The lowest BCUT2D eigenvalue weighted by molar-refractivity contribution is 0.0216. The molecule has 0 aromatic heterocycles. The highest BCUT2D eigenvalue weighted by molar-refractivity contribution is 6.74. The number of nitrogens with two attached hydrogens (primary N) is 1. The molecule has 1 aromatic rings. The van der Waals surface area contributed by atoms with Crippen molar-refractivity contribution in [2.24, 2.45) is 5.73 Å². The third-order valence-corrected chi connectivity index (χ3v) is 9.86. The second-order valence-corrected chi connectivity index (χ2v) is 12.8. The Balaban J connectivity index is 2.81. The fraction of sp³-hybridized carbons (Fsp3) is 0.625. The van der Waals surface area contributed by atoms with Crippen LogP contribution in [0, 0.1) is 0 Å². The molecule has 0 fully saturated rings. The zero-order chi connectivity index (χ0) is 17.2. The average Bonchev–Trinajstić information content (AvgIpc) is 2.40. The van der Waals surface area contributed by atoms with Crippen LogP contribution in [0.4, 0.5) is 0 Å². The Morgan fingerprint density at radius 3 is 2.23 bits per heavy atom. The van der Waals surface area contributed by atoms with Crippen molar-refractivity contribution in [1.82, 2.24) is 0 Å². The molecule has 0 aliphatic heterocycles. The Bertz CT molecular complexity index is 517. The Morgan fingerprint density at radius 1 is 1.18 bits per heavy atom. The molecular weight excluding hydrogens is 337 g/mol. The van der Waals surface area contributed by atoms with E-state index in [4.69, 9.17) is 33.4 Å². The molecule has 22 heavy (non-hydrogen) atoms. The van der Waals surface area contributed by atoms with Crippen molar-refractivity contribution in [3.63, 3.8) is 0 Å². The standard InChI is InChI=1S/C16H27Cl2NO2Si/c1-15(2,3)22(4,5)21-9-8-16(20,11-19)12-6-7-13(17)14(18)10-12/h6-7,10,20H,8-9,11,19H2,1-5H3/t16-/m0/s1. The molecule has 0 aliphatic rings. The monoisotopic (exact) mass is 363 g/mol. The molecule has 126 valence electrons. The largest absolute Gasteiger partial charge is 0.417 e. The van der Waals surface area contributed by atoms with E-state index in [0.29, 0.717) is 28.6 Å². The van der Waals surface area contributed by atoms with Crippen molar-refractivity contribution >= 4 is 31.5 Å². The van der Waals surface area contributed by atoms with Gasteiger partial charge in [-0.1, -0.05) is 50.0 Å². The van der Waals surface area contributed by atoms with Crippen LogP contribution in [-0.2, 0) is 10.0 Å². The van der Waals surface area contributed by atoms with Gasteiger partial charge in [-0.05, 0) is 35.8 Å². The Hall–Kier alpha value is -0.103. The lowest BCUT2D eigenvalue weighted by Crippen LogP contribution is -2.43. The maximum atomic E-state index is 10.8. The van der Waals surface area contributed by atoms with Crippen molar-refractivity contribution in [2.45, 2.75) is 50.9 Å². The van der Waals surface area contributed by atoms with E-state index < -0.39 is 13.9 Å². The van der Waals surface area contributed by atoms with E-state index in [9.17, 15) is 5.11 Å². The normalized spacial score (nSPS) is 15.7. The van der Waals surface area contributed by atoms with E-state index in [-0.39, 0.29) is 11.6 Å².